The van der Waals surface area contributed by atoms with E-state index in [9.17, 15) is 17.6 Å². The first-order valence-corrected chi connectivity index (χ1v) is 7.89. The van der Waals surface area contributed by atoms with E-state index < -0.39 is 11.7 Å². The average Bonchev–Trinajstić information content (AvgIpc) is 2.59. The third-order valence-electron chi connectivity index (χ3n) is 3.53. The van der Waals surface area contributed by atoms with Crippen LogP contribution in [0.5, 0.6) is 0 Å². The summed E-state index contributed by atoms with van der Waals surface area (Å²) in [6.07, 6.45) is -4.41. The molecule has 0 aliphatic heterocycles. The van der Waals surface area contributed by atoms with Crippen molar-refractivity contribution >= 4 is 17.4 Å². The SMILES string of the molecule is Fc1cccc(CNc2cc(Cl)nc(-c3ccc(C(F)(F)F)cc3)n2)c1. The summed E-state index contributed by atoms with van der Waals surface area (Å²) in [5.74, 6) is 0.215. The molecule has 0 radical (unpaired) electrons. The number of benzene rings is 2. The molecule has 8 heteroatoms. The third kappa shape index (κ3) is 4.49. The van der Waals surface area contributed by atoms with E-state index in [0.29, 0.717) is 23.5 Å². The predicted molar refractivity (Wildman–Crippen MR) is 91.2 cm³/mol. The van der Waals surface area contributed by atoms with Gasteiger partial charge in [0.1, 0.15) is 16.8 Å². The first-order chi connectivity index (χ1) is 12.3. The number of alkyl halides is 3. The first-order valence-electron chi connectivity index (χ1n) is 7.52. The third-order valence-corrected chi connectivity index (χ3v) is 3.72. The van der Waals surface area contributed by atoms with Crippen molar-refractivity contribution in [2.45, 2.75) is 12.7 Å². The Hall–Kier alpha value is -2.67. The fraction of sp³-hybridized carbons (Fsp3) is 0.111. The number of aromatic nitrogens is 2. The number of nitrogens with one attached hydrogen (secondary N) is 1. The van der Waals surface area contributed by atoms with E-state index in [1.807, 2.05) is 0 Å². The van der Waals surface area contributed by atoms with Gasteiger partial charge in [-0.3, -0.25) is 0 Å². The quantitative estimate of drug-likeness (QED) is 0.474. The molecule has 26 heavy (non-hydrogen) atoms. The molecule has 1 N–H and O–H groups in total. The van der Waals surface area contributed by atoms with Gasteiger partial charge in [0.25, 0.3) is 0 Å². The summed E-state index contributed by atoms with van der Waals surface area (Å²) in [5, 5.41) is 3.13. The Morgan fingerprint density at radius 2 is 1.69 bits per heavy atom. The minimum Gasteiger partial charge on any atom is -0.366 e. The Kier molecular flexibility index (Phi) is 5.08. The molecular formula is C18H12ClF4N3. The van der Waals surface area contributed by atoms with Gasteiger partial charge in [-0.15, -0.1) is 0 Å². The van der Waals surface area contributed by atoms with Gasteiger partial charge in [-0.25, -0.2) is 14.4 Å². The van der Waals surface area contributed by atoms with Gasteiger partial charge in [0, 0.05) is 18.2 Å². The van der Waals surface area contributed by atoms with Gasteiger partial charge in [-0.1, -0.05) is 35.9 Å². The highest BCUT2D eigenvalue weighted by molar-refractivity contribution is 6.29. The van der Waals surface area contributed by atoms with Crippen molar-refractivity contribution in [3.63, 3.8) is 0 Å². The fourth-order valence-electron chi connectivity index (χ4n) is 2.29. The molecule has 0 aliphatic rings. The molecule has 0 atom stereocenters. The molecule has 3 rings (SSSR count). The highest BCUT2D eigenvalue weighted by atomic mass is 35.5. The van der Waals surface area contributed by atoms with Gasteiger partial charge in [0.15, 0.2) is 5.82 Å². The topological polar surface area (TPSA) is 37.8 Å². The van der Waals surface area contributed by atoms with E-state index in [1.54, 1.807) is 12.1 Å². The van der Waals surface area contributed by atoms with Crippen LogP contribution in [-0.4, -0.2) is 9.97 Å². The highest BCUT2D eigenvalue weighted by Crippen LogP contribution is 2.30. The molecule has 0 bridgehead atoms. The van der Waals surface area contributed by atoms with E-state index in [0.717, 1.165) is 12.1 Å². The van der Waals surface area contributed by atoms with Crippen molar-refractivity contribution in [1.29, 1.82) is 0 Å². The van der Waals surface area contributed by atoms with E-state index in [4.69, 9.17) is 11.6 Å². The zero-order valence-corrected chi connectivity index (χ0v) is 13.9. The molecule has 0 saturated heterocycles. The lowest BCUT2D eigenvalue weighted by molar-refractivity contribution is -0.137. The van der Waals surface area contributed by atoms with Crippen molar-refractivity contribution in [3.05, 3.63) is 76.7 Å². The summed E-state index contributed by atoms with van der Waals surface area (Å²) < 4.78 is 51.2. The van der Waals surface area contributed by atoms with Crippen LogP contribution in [0.1, 0.15) is 11.1 Å². The van der Waals surface area contributed by atoms with Crippen molar-refractivity contribution in [1.82, 2.24) is 9.97 Å². The number of hydrogen-bond donors (Lipinski definition) is 1. The number of anilines is 1. The van der Waals surface area contributed by atoms with Gasteiger partial charge in [-0.05, 0) is 29.8 Å². The van der Waals surface area contributed by atoms with Gasteiger partial charge in [0.2, 0.25) is 0 Å². The smallest absolute Gasteiger partial charge is 0.366 e. The Balaban J connectivity index is 1.81. The number of hydrogen-bond acceptors (Lipinski definition) is 3. The Morgan fingerprint density at radius 1 is 0.962 bits per heavy atom. The number of halogens is 5. The second kappa shape index (κ2) is 7.29. The van der Waals surface area contributed by atoms with Crippen LogP contribution in [-0.2, 0) is 12.7 Å². The minimum atomic E-state index is -4.41. The van der Waals surface area contributed by atoms with Crippen LogP contribution in [0.4, 0.5) is 23.4 Å². The van der Waals surface area contributed by atoms with Crippen LogP contribution < -0.4 is 5.32 Å². The molecule has 3 nitrogen and oxygen atoms in total. The van der Waals surface area contributed by atoms with Crippen LogP contribution in [0.2, 0.25) is 5.15 Å². The Bertz CT molecular complexity index is 911. The van der Waals surface area contributed by atoms with Crippen molar-refractivity contribution in [2.24, 2.45) is 0 Å². The highest BCUT2D eigenvalue weighted by Gasteiger charge is 2.30. The van der Waals surface area contributed by atoms with Crippen molar-refractivity contribution < 1.29 is 17.6 Å². The van der Waals surface area contributed by atoms with Crippen LogP contribution in [0.3, 0.4) is 0 Å². The summed E-state index contributed by atoms with van der Waals surface area (Å²) in [6.45, 7) is 0.303. The minimum absolute atomic E-state index is 0.136. The van der Waals surface area contributed by atoms with Crippen molar-refractivity contribution in [2.75, 3.05) is 5.32 Å². The van der Waals surface area contributed by atoms with E-state index in [2.05, 4.69) is 15.3 Å². The predicted octanol–water partition coefficient (Wildman–Crippen LogP) is 5.57. The lowest BCUT2D eigenvalue weighted by atomic mass is 10.1. The maximum Gasteiger partial charge on any atom is 0.416 e. The molecule has 1 aromatic heterocycles. The number of nitrogens with zero attached hydrogens (tertiary/aromatic N) is 2. The summed E-state index contributed by atoms with van der Waals surface area (Å²) in [4.78, 5) is 8.29. The van der Waals surface area contributed by atoms with Crippen molar-refractivity contribution in [3.8, 4) is 11.4 Å². The number of rotatable bonds is 4. The molecule has 1 heterocycles. The van der Waals surface area contributed by atoms with Crippen LogP contribution in [0.25, 0.3) is 11.4 Å². The normalized spacial score (nSPS) is 11.4. The Morgan fingerprint density at radius 3 is 2.35 bits per heavy atom. The molecule has 0 spiro atoms. The lowest BCUT2D eigenvalue weighted by Crippen LogP contribution is -2.05. The zero-order chi connectivity index (χ0) is 18.7. The summed E-state index contributed by atoms with van der Waals surface area (Å²) in [7, 11) is 0. The van der Waals surface area contributed by atoms with Crippen LogP contribution >= 0.6 is 11.6 Å². The average molecular weight is 382 g/mol. The van der Waals surface area contributed by atoms with E-state index in [1.165, 1.54) is 30.3 Å². The second-order valence-corrected chi connectivity index (χ2v) is 5.85. The maximum atomic E-state index is 13.2. The van der Waals surface area contributed by atoms with E-state index >= 15 is 0 Å². The van der Waals surface area contributed by atoms with Gasteiger partial charge in [0.05, 0.1) is 5.56 Å². The van der Waals surface area contributed by atoms with Crippen LogP contribution in [0, 0.1) is 5.82 Å². The summed E-state index contributed by atoms with van der Waals surface area (Å²) in [6, 6.07) is 12.0. The molecule has 0 fully saturated rings. The van der Waals surface area contributed by atoms with Crippen LogP contribution in [0.15, 0.2) is 54.6 Å². The van der Waals surface area contributed by atoms with Gasteiger partial charge < -0.3 is 5.32 Å². The molecule has 2 aromatic carbocycles. The van der Waals surface area contributed by atoms with E-state index in [-0.39, 0.29) is 16.8 Å². The molecule has 3 aromatic rings. The molecule has 0 unspecified atom stereocenters. The second-order valence-electron chi connectivity index (χ2n) is 5.46. The fourth-order valence-corrected chi connectivity index (χ4v) is 2.47. The lowest BCUT2D eigenvalue weighted by Gasteiger charge is -2.10. The molecule has 0 aliphatic carbocycles. The molecule has 0 saturated carbocycles. The van der Waals surface area contributed by atoms with Gasteiger partial charge >= 0.3 is 6.18 Å². The molecular weight excluding hydrogens is 370 g/mol. The first kappa shape index (κ1) is 18.1. The summed E-state index contributed by atoms with van der Waals surface area (Å²) >= 11 is 5.98. The maximum absolute atomic E-state index is 13.2. The largest absolute Gasteiger partial charge is 0.416 e. The monoisotopic (exact) mass is 381 g/mol. The molecule has 0 amide bonds. The Labute approximate surface area is 151 Å². The standard InChI is InChI=1S/C18H12ClF4N3/c19-15-9-16(24-10-11-2-1-3-14(20)8-11)26-17(25-15)12-4-6-13(7-5-12)18(21,22)23/h1-9H,10H2,(H,24,25,26). The summed E-state index contributed by atoms with van der Waals surface area (Å²) in [5.41, 5.74) is 0.345. The zero-order valence-electron chi connectivity index (χ0n) is 13.2. The van der Waals surface area contributed by atoms with Gasteiger partial charge in [-0.2, -0.15) is 13.2 Å². The molecule has 134 valence electrons.